The first kappa shape index (κ1) is 9.60. The summed E-state index contributed by atoms with van der Waals surface area (Å²) in [5, 5.41) is 0. The largest absolute Gasteiger partial charge is 0.299 e. The lowest BCUT2D eigenvalue weighted by Gasteiger charge is -2.19. The molecule has 1 heterocycles. The van der Waals surface area contributed by atoms with Gasteiger partial charge in [-0.3, -0.25) is 4.90 Å². The summed E-state index contributed by atoms with van der Waals surface area (Å²) >= 11 is 4.15. The maximum Gasteiger partial charge on any atom is 0.0163 e. The minimum atomic E-state index is 0.657. The molecule has 0 aromatic rings. The Hall–Kier alpha value is 0.0500. The first-order valence-electron chi connectivity index (χ1n) is 5.14. The highest BCUT2D eigenvalue weighted by molar-refractivity contribution is 7.80. The molecule has 0 aromatic carbocycles. The fourth-order valence-corrected chi connectivity index (χ4v) is 2.81. The molecule has 2 unspecified atom stereocenters. The maximum absolute atomic E-state index is 4.15. The average Bonchev–Trinajstić information content (AvgIpc) is 2.53. The minimum absolute atomic E-state index is 0.657. The van der Waals surface area contributed by atoms with E-state index < -0.39 is 0 Å². The van der Waals surface area contributed by atoms with Crippen molar-refractivity contribution in [2.75, 3.05) is 25.4 Å². The van der Waals surface area contributed by atoms with Gasteiger partial charge in [0.15, 0.2) is 0 Å². The van der Waals surface area contributed by atoms with E-state index in [4.69, 9.17) is 0 Å². The van der Waals surface area contributed by atoms with E-state index in [0.29, 0.717) is 5.41 Å². The van der Waals surface area contributed by atoms with Gasteiger partial charge in [0.05, 0.1) is 0 Å². The van der Waals surface area contributed by atoms with Crippen LogP contribution in [0.4, 0.5) is 0 Å². The highest BCUT2D eigenvalue weighted by Crippen LogP contribution is 2.61. The zero-order valence-electron chi connectivity index (χ0n) is 8.53. The molecule has 1 saturated carbocycles. The molecule has 1 aliphatic carbocycles. The van der Waals surface area contributed by atoms with Crippen molar-refractivity contribution >= 4 is 12.6 Å². The van der Waals surface area contributed by atoms with Gasteiger partial charge in [-0.1, -0.05) is 26.0 Å². The van der Waals surface area contributed by atoms with Crippen molar-refractivity contribution in [2.24, 2.45) is 17.3 Å². The lowest BCUT2D eigenvalue weighted by molar-refractivity contribution is 0.281. The molecule has 0 bridgehead atoms. The van der Waals surface area contributed by atoms with Gasteiger partial charge < -0.3 is 0 Å². The molecule has 2 fully saturated rings. The van der Waals surface area contributed by atoms with Crippen molar-refractivity contribution in [3.8, 4) is 0 Å². The van der Waals surface area contributed by atoms with E-state index in [9.17, 15) is 0 Å². The first-order chi connectivity index (χ1) is 6.16. The second-order valence-electron chi connectivity index (χ2n) is 4.91. The van der Waals surface area contributed by atoms with Crippen LogP contribution in [0.2, 0.25) is 0 Å². The van der Waals surface area contributed by atoms with Crippen molar-refractivity contribution in [3.63, 3.8) is 0 Å². The third kappa shape index (κ3) is 1.66. The Balaban J connectivity index is 1.75. The third-order valence-electron chi connectivity index (χ3n) is 3.83. The topological polar surface area (TPSA) is 3.24 Å². The van der Waals surface area contributed by atoms with Crippen molar-refractivity contribution < 1.29 is 0 Å². The zero-order valence-corrected chi connectivity index (χ0v) is 9.43. The molecule has 0 amide bonds. The van der Waals surface area contributed by atoms with Gasteiger partial charge >= 0.3 is 0 Å². The molecular formula is C11H19NS. The van der Waals surface area contributed by atoms with Gasteiger partial charge in [-0.15, -0.1) is 0 Å². The van der Waals surface area contributed by atoms with Crippen LogP contribution >= 0.6 is 12.6 Å². The number of nitrogens with zero attached hydrogens (tertiary/aromatic N) is 1. The van der Waals surface area contributed by atoms with Crippen molar-refractivity contribution in [3.05, 3.63) is 12.2 Å². The molecular weight excluding hydrogens is 178 g/mol. The van der Waals surface area contributed by atoms with Crippen LogP contribution in [-0.4, -0.2) is 30.3 Å². The fourth-order valence-electron chi connectivity index (χ4n) is 2.66. The summed E-state index contributed by atoms with van der Waals surface area (Å²) in [5.74, 6) is 2.83. The van der Waals surface area contributed by atoms with Crippen LogP contribution in [0.5, 0.6) is 0 Å². The molecule has 0 aromatic heterocycles. The van der Waals surface area contributed by atoms with Crippen LogP contribution in [0.1, 0.15) is 13.8 Å². The quantitative estimate of drug-likeness (QED) is 0.535. The number of hydrogen-bond acceptors (Lipinski definition) is 2. The predicted octanol–water partition coefficient (Wildman–Crippen LogP) is 2.06. The molecule has 0 spiro atoms. The first-order valence-corrected chi connectivity index (χ1v) is 5.77. The van der Waals surface area contributed by atoms with Crippen LogP contribution in [0.25, 0.3) is 0 Å². The molecule has 2 heteroatoms. The average molecular weight is 197 g/mol. The standard InChI is InChI=1S/C11H19NS/c1-11(2)9-7-12(8-10(9)11)5-3-4-6-13/h3-4,9-10,13H,5-8H2,1-2H3/b4-3+. The summed E-state index contributed by atoms with van der Waals surface area (Å²) < 4.78 is 0. The van der Waals surface area contributed by atoms with E-state index >= 15 is 0 Å². The van der Waals surface area contributed by atoms with Gasteiger partial charge in [0.25, 0.3) is 0 Å². The number of fused-ring (bicyclic) bond motifs is 1. The summed E-state index contributed by atoms with van der Waals surface area (Å²) in [7, 11) is 0. The maximum atomic E-state index is 4.15. The molecule has 13 heavy (non-hydrogen) atoms. The van der Waals surface area contributed by atoms with Gasteiger partial charge in [-0.2, -0.15) is 12.6 Å². The number of rotatable bonds is 3. The van der Waals surface area contributed by atoms with Crippen LogP contribution in [0.3, 0.4) is 0 Å². The molecule has 2 aliphatic rings. The van der Waals surface area contributed by atoms with Crippen LogP contribution in [-0.2, 0) is 0 Å². The summed E-state index contributed by atoms with van der Waals surface area (Å²) in [4.78, 5) is 2.56. The minimum Gasteiger partial charge on any atom is -0.299 e. The molecule has 1 aliphatic heterocycles. The van der Waals surface area contributed by atoms with E-state index in [1.165, 1.54) is 13.1 Å². The van der Waals surface area contributed by atoms with Gasteiger partial charge in [0, 0.05) is 25.4 Å². The second kappa shape index (κ2) is 3.32. The predicted molar refractivity (Wildman–Crippen MR) is 60.2 cm³/mol. The third-order valence-corrected chi connectivity index (χ3v) is 4.04. The number of piperidine rings is 1. The molecule has 1 nitrogen and oxygen atoms in total. The van der Waals surface area contributed by atoms with Crippen molar-refractivity contribution in [1.29, 1.82) is 0 Å². The highest BCUT2D eigenvalue weighted by Gasteiger charge is 2.61. The van der Waals surface area contributed by atoms with E-state index in [1.807, 2.05) is 0 Å². The van der Waals surface area contributed by atoms with Gasteiger partial charge in [0.2, 0.25) is 0 Å². The summed E-state index contributed by atoms with van der Waals surface area (Å²) in [6, 6.07) is 0. The molecule has 2 atom stereocenters. The van der Waals surface area contributed by atoms with Gasteiger partial charge in [-0.25, -0.2) is 0 Å². The van der Waals surface area contributed by atoms with E-state index in [1.54, 1.807) is 0 Å². The SMILES string of the molecule is CC1(C)C2CN(C/C=C/CS)CC21. The highest BCUT2D eigenvalue weighted by atomic mass is 32.1. The Morgan fingerprint density at radius 2 is 1.92 bits per heavy atom. The molecule has 74 valence electrons. The van der Waals surface area contributed by atoms with E-state index in [-0.39, 0.29) is 0 Å². The number of hydrogen-bond donors (Lipinski definition) is 1. The molecule has 0 radical (unpaired) electrons. The lowest BCUT2D eigenvalue weighted by atomic mass is 10.1. The normalized spacial score (nSPS) is 36.8. The van der Waals surface area contributed by atoms with Crippen LogP contribution in [0.15, 0.2) is 12.2 Å². The monoisotopic (exact) mass is 197 g/mol. The fraction of sp³-hybridized carbons (Fsp3) is 0.818. The Labute approximate surface area is 86.6 Å². The summed E-state index contributed by atoms with van der Waals surface area (Å²) in [5.41, 5.74) is 0.657. The lowest BCUT2D eigenvalue weighted by Crippen LogP contribution is -2.26. The van der Waals surface area contributed by atoms with Crippen molar-refractivity contribution in [2.45, 2.75) is 13.8 Å². The smallest absolute Gasteiger partial charge is 0.0163 e. The Morgan fingerprint density at radius 1 is 1.31 bits per heavy atom. The molecule has 2 rings (SSSR count). The van der Waals surface area contributed by atoms with E-state index in [2.05, 4.69) is 43.5 Å². The second-order valence-corrected chi connectivity index (χ2v) is 5.27. The molecule has 1 saturated heterocycles. The summed E-state index contributed by atoms with van der Waals surface area (Å²) in [6.45, 7) is 8.57. The Kier molecular flexibility index (Phi) is 2.45. The van der Waals surface area contributed by atoms with Crippen LogP contribution < -0.4 is 0 Å². The number of thiol groups is 1. The van der Waals surface area contributed by atoms with E-state index in [0.717, 1.165) is 24.1 Å². The Morgan fingerprint density at radius 3 is 2.46 bits per heavy atom. The molecule has 0 N–H and O–H groups in total. The summed E-state index contributed by atoms with van der Waals surface area (Å²) in [6.07, 6.45) is 4.38. The number of likely N-dealkylation sites (tertiary alicyclic amines) is 1. The van der Waals surface area contributed by atoms with Gasteiger partial charge in [0.1, 0.15) is 0 Å². The van der Waals surface area contributed by atoms with Gasteiger partial charge in [-0.05, 0) is 17.3 Å². The van der Waals surface area contributed by atoms with Crippen LogP contribution in [0, 0.1) is 17.3 Å². The zero-order chi connectivity index (χ0) is 9.47. The Bertz CT molecular complexity index is 208. The van der Waals surface area contributed by atoms with Crippen molar-refractivity contribution in [1.82, 2.24) is 4.90 Å².